The van der Waals surface area contributed by atoms with E-state index >= 15 is 0 Å². The summed E-state index contributed by atoms with van der Waals surface area (Å²) >= 11 is 0. The molecule has 3 rings (SSSR count). The van der Waals surface area contributed by atoms with Crippen molar-refractivity contribution in [2.24, 2.45) is 0 Å². The number of carbonyl (C=O) groups is 1. The van der Waals surface area contributed by atoms with E-state index in [-0.39, 0.29) is 5.78 Å². The number of para-hydroxylation sites is 1. The molecule has 0 atom stereocenters. The van der Waals surface area contributed by atoms with Crippen LogP contribution in [0.15, 0.2) is 30.7 Å². The van der Waals surface area contributed by atoms with Crippen molar-refractivity contribution in [1.82, 2.24) is 14.5 Å². The van der Waals surface area contributed by atoms with Gasteiger partial charge in [0.2, 0.25) is 0 Å². The van der Waals surface area contributed by atoms with E-state index in [0.29, 0.717) is 6.54 Å². The maximum Gasteiger partial charge on any atom is 0.184 e. The molecule has 0 aliphatic carbocycles. The van der Waals surface area contributed by atoms with Gasteiger partial charge in [0.1, 0.15) is 0 Å². The van der Waals surface area contributed by atoms with Gasteiger partial charge in [-0.3, -0.25) is 4.79 Å². The number of fused-ring (bicyclic) bond motifs is 1. The van der Waals surface area contributed by atoms with E-state index in [1.54, 1.807) is 6.33 Å². The lowest BCUT2D eigenvalue weighted by molar-refractivity contribution is 0.0973. The summed E-state index contributed by atoms with van der Waals surface area (Å²) in [5, 5.41) is 1.01. The number of benzene rings is 1. The van der Waals surface area contributed by atoms with Crippen LogP contribution in [0.25, 0.3) is 10.9 Å². The number of Topliss-reactive ketones (excluding diaryl/α,β-unsaturated/α-hetero) is 1. The average molecular weight is 281 g/mol. The molecule has 1 aromatic carbocycles. The third kappa shape index (κ3) is 2.27. The zero-order chi connectivity index (χ0) is 15.0. The van der Waals surface area contributed by atoms with Crippen molar-refractivity contribution in [3.05, 3.63) is 53.2 Å². The van der Waals surface area contributed by atoms with Crippen LogP contribution in [-0.2, 0) is 13.0 Å². The van der Waals surface area contributed by atoms with Crippen LogP contribution in [0, 0.1) is 13.8 Å². The number of ketones is 1. The maximum absolute atomic E-state index is 12.6. The summed E-state index contributed by atoms with van der Waals surface area (Å²) in [6.45, 7) is 6.39. The van der Waals surface area contributed by atoms with E-state index in [9.17, 15) is 4.79 Å². The van der Waals surface area contributed by atoms with Crippen molar-refractivity contribution in [2.75, 3.05) is 0 Å². The number of nitrogens with zero attached hydrogens (tertiary/aromatic N) is 2. The van der Waals surface area contributed by atoms with Crippen molar-refractivity contribution in [2.45, 2.75) is 33.7 Å². The number of carbonyl (C=O) groups excluding carboxylic acids is 1. The van der Waals surface area contributed by atoms with Gasteiger partial charge in [0.15, 0.2) is 5.78 Å². The molecule has 0 saturated heterocycles. The number of H-pyrrole nitrogens is 1. The predicted molar refractivity (Wildman–Crippen MR) is 83.7 cm³/mol. The van der Waals surface area contributed by atoms with Gasteiger partial charge in [-0.2, -0.15) is 0 Å². The van der Waals surface area contributed by atoms with Crippen LogP contribution in [0.2, 0.25) is 0 Å². The highest BCUT2D eigenvalue weighted by Crippen LogP contribution is 2.23. The Labute approximate surface area is 123 Å². The summed E-state index contributed by atoms with van der Waals surface area (Å²) in [5.74, 6) is 0.106. The first-order chi connectivity index (χ1) is 10.1. The van der Waals surface area contributed by atoms with Crippen molar-refractivity contribution in [3.63, 3.8) is 0 Å². The molecule has 0 fully saturated rings. The number of rotatable bonds is 4. The van der Waals surface area contributed by atoms with Gasteiger partial charge in [-0.05, 0) is 25.8 Å². The number of hydrogen-bond acceptors (Lipinski definition) is 2. The monoisotopic (exact) mass is 281 g/mol. The fourth-order valence-corrected chi connectivity index (χ4v) is 2.69. The molecular weight excluding hydrogens is 262 g/mol. The Hall–Kier alpha value is -2.36. The van der Waals surface area contributed by atoms with Gasteiger partial charge in [0.25, 0.3) is 0 Å². The van der Waals surface area contributed by atoms with E-state index in [1.807, 2.05) is 36.7 Å². The molecule has 1 N–H and O–H groups in total. The molecule has 0 aliphatic rings. The SMILES string of the molecule is CCc1cccc2c(C(=O)Cn3cnc(C)c3C)c[nH]c12. The van der Waals surface area contributed by atoms with Crippen LogP contribution in [0.1, 0.15) is 34.2 Å². The molecule has 2 heterocycles. The molecule has 0 bridgehead atoms. The van der Waals surface area contributed by atoms with E-state index < -0.39 is 0 Å². The maximum atomic E-state index is 12.6. The molecule has 0 saturated carbocycles. The zero-order valence-electron chi connectivity index (χ0n) is 12.6. The van der Waals surface area contributed by atoms with E-state index in [1.165, 1.54) is 5.56 Å². The second-order valence-electron chi connectivity index (χ2n) is 5.36. The Kier molecular flexibility index (Phi) is 3.37. The first kappa shape index (κ1) is 13.6. The lowest BCUT2D eigenvalue weighted by Crippen LogP contribution is -2.10. The topological polar surface area (TPSA) is 50.7 Å². The van der Waals surface area contributed by atoms with Crippen LogP contribution < -0.4 is 0 Å². The standard InChI is InChI=1S/C17H19N3O/c1-4-13-6-5-7-14-15(8-18-17(13)14)16(21)9-20-10-19-11(2)12(20)3/h5-8,10,18H,4,9H2,1-3H3. The quantitative estimate of drug-likeness (QED) is 0.745. The molecule has 0 unspecified atom stereocenters. The Morgan fingerprint density at radius 2 is 2.14 bits per heavy atom. The third-order valence-electron chi connectivity index (χ3n) is 4.14. The van der Waals surface area contributed by atoms with E-state index in [0.717, 1.165) is 34.3 Å². The third-order valence-corrected chi connectivity index (χ3v) is 4.14. The van der Waals surface area contributed by atoms with E-state index in [2.05, 4.69) is 23.0 Å². The van der Waals surface area contributed by atoms with Gasteiger partial charge in [-0.1, -0.05) is 25.1 Å². The van der Waals surface area contributed by atoms with Crippen molar-refractivity contribution < 1.29 is 4.79 Å². The van der Waals surface area contributed by atoms with Crippen LogP contribution in [-0.4, -0.2) is 20.3 Å². The Morgan fingerprint density at radius 1 is 1.33 bits per heavy atom. The normalized spacial score (nSPS) is 11.2. The van der Waals surface area contributed by atoms with Gasteiger partial charge in [0, 0.05) is 28.4 Å². The molecule has 0 aliphatic heterocycles. The van der Waals surface area contributed by atoms with Gasteiger partial charge in [-0.25, -0.2) is 4.98 Å². The molecule has 108 valence electrons. The molecule has 2 aromatic heterocycles. The lowest BCUT2D eigenvalue weighted by atomic mass is 10.0. The largest absolute Gasteiger partial charge is 0.360 e. The number of nitrogens with one attached hydrogen (secondary N) is 1. The number of aromatic nitrogens is 3. The average Bonchev–Trinajstić information content (AvgIpc) is 3.05. The molecular formula is C17H19N3O. The van der Waals surface area contributed by atoms with Crippen LogP contribution in [0.5, 0.6) is 0 Å². The van der Waals surface area contributed by atoms with Crippen molar-refractivity contribution >= 4 is 16.7 Å². The van der Waals surface area contributed by atoms with Gasteiger partial charge in [0.05, 0.1) is 18.6 Å². The summed E-state index contributed by atoms with van der Waals surface area (Å²) in [4.78, 5) is 20.1. The molecule has 4 nitrogen and oxygen atoms in total. The van der Waals surface area contributed by atoms with Gasteiger partial charge < -0.3 is 9.55 Å². The number of imidazole rings is 1. The second-order valence-corrected chi connectivity index (χ2v) is 5.36. The highest BCUT2D eigenvalue weighted by Gasteiger charge is 2.15. The zero-order valence-corrected chi connectivity index (χ0v) is 12.6. The first-order valence-electron chi connectivity index (χ1n) is 7.22. The minimum Gasteiger partial charge on any atom is -0.360 e. The number of aromatic amines is 1. The summed E-state index contributed by atoms with van der Waals surface area (Å²) in [7, 11) is 0. The van der Waals surface area contributed by atoms with E-state index in [4.69, 9.17) is 0 Å². The fraction of sp³-hybridized carbons (Fsp3) is 0.294. The summed E-state index contributed by atoms with van der Waals surface area (Å²) in [5.41, 5.74) is 5.07. The summed E-state index contributed by atoms with van der Waals surface area (Å²) in [6.07, 6.45) is 4.51. The molecule has 0 spiro atoms. The molecule has 4 heteroatoms. The highest BCUT2D eigenvalue weighted by atomic mass is 16.1. The number of aryl methyl sites for hydroxylation is 2. The molecule has 0 radical (unpaired) electrons. The molecule has 3 aromatic rings. The first-order valence-corrected chi connectivity index (χ1v) is 7.22. The second kappa shape index (κ2) is 5.20. The highest BCUT2D eigenvalue weighted by molar-refractivity contribution is 6.08. The minimum atomic E-state index is 0.106. The van der Waals surface area contributed by atoms with Crippen LogP contribution >= 0.6 is 0 Å². The van der Waals surface area contributed by atoms with Crippen LogP contribution in [0.4, 0.5) is 0 Å². The Bertz CT molecular complexity index is 811. The Balaban J connectivity index is 1.97. The number of hydrogen-bond donors (Lipinski definition) is 1. The van der Waals surface area contributed by atoms with Crippen molar-refractivity contribution in [1.29, 1.82) is 0 Å². The predicted octanol–water partition coefficient (Wildman–Crippen LogP) is 3.43. The van der Waals surface area contributed by atoms with Gasteiger partial charge >= 0.3 is 0 Å². The minimum absolute atomic E-state index is 0.106. The fourth-order valence-electron chi connectivity index (χ4n) is 2.69. The van der Waals surface area contributed by atoms with Crippen molar-refractivity contribution in [3.8, 4) is 0 Å². The smallest absolute Gasteiger partial charge is 0.184 e. The molecule has 21 heavy (non-hydrogen) atoms. The lowest BCUT2D eigenvalue weighted by Gasteiger charge is -2.05. The van der Waals surface area contributed by atoms with Crippen LogP contribution in [0.3, 0.4) is 0 Å². The summed E-state index contributed by atoms with van der Waals surface area (Å²) in [6, 6.07) is 6.11. The Morgan fingerprint density at radius 3 is 2.81 bits per heavy atom. The molecule has 0 amide bonds. The van der Waals surface area contributed by atoms with Gasteiger partial charge in [-0.15, -0.1) is 0 Å². The summed E-state index contributed by atoms with van der Waals surface area (Å²) < 4.78 is 1.90.